The molecule has 3 N–H and O–H groups in total. The summed E-state index contributed by atoms with van der Waals surface area (Å²) in [5, 5.41) is 2.19. The summed E-state index contributed by atoms with van der Waals surface area (Å²) in [5.74, 6) is -2.67. The molecular weight excluding hydrogens is 312 g/mol. The van der Waals surface area contributed by atoms with Crippen molar-refractivity contribution in [1.82, 2.24) is 21.1 Å². The zero-order valence-electron chi connectivity index (χ0n) is 14.5. The predicted molar refractivity (Wildman–Crippen MR) is 88.2 cm³/mol. The molecule has 0 aromatic rings. The molecule has 1 heterocycles. The Morgan fingerprint density at radius 3 is 2.42 bits per heavy atom. The first kappa shape index (κ1) is 19.7. The lowest BCUT2D eigenvalue weighted by atomic mass is 10.00. The van der Waals surface area contributed by atoms with Crippen LogP contribution in [0, 0.1) is 5.92 Å². The standard InChI is InChI=1S/C16H26N4O4/c1-4-7-9-12(21)19-18-11(6-3)13-14(22)17-16(24)20(15(13)23)10-8-5-2/h6,13,18H,4-5,7-10H2,1-3H3,(H,19,21)(H,17,22,24)/b11-6+/t13-/m1/s1. The summed E-state index contributed by atoms with van der Waals surface area (Å²) in [5.41, 5.74) is 5.37. The van der Waals surface area contributed by atoms with Crippen LogP contribution in [0.5, 0.6) is 0 Å². The van der Waals surface area contributed by atoms with E-state index < -0.39 is 23.8 Å². The number of urea groups is 1. The van der Waals surface area contributed by atoms with E-state index in [1.807, 2.05) is 13.8 Å². The quantitative estimate of drug-likeness (QED) is 0.432. The van der Waals surface area contributed by atoms with Gasteiger partial charge in [-0.15, -0.1) is 0 Å². The number of barbiturate groups is 1. The van der Waals surface area contributed by atoms with E-state index in [2.05, 4.69) is 16.2 Å². The van der Waals surface area contributed by atoms with Crippen molar-refractivity contribution in [2.45, 2.75) is 52.9 Å². The third kappa shape index (κ3) is 5.07. The van der Waals surface area contributed by atoms with E-state index in [9.17, 15) is 19.2 Å². The van der Waals surface area contributed by atoms with Gasteiger partial charge >= 0.3 is 6.03 Å². The predicted octanol–water partition coefficient (Wildman–Crippen LogP) is 1.20. The maximum absolute atomic E-state index is 12.5. The number of hydrogen-bond donors (Lipinski definition) is 3. The number of carbonyl (C=O) groups excluding carboxylic acids is 4. The molecule has 134 valence electrons. The van der Waals surface area contributed by atoms with Gasteiger partial charge in [0.25, 0.3) is 0 Å². The molecule has 0 unspecified atom stereocenters. The van der Waals surface area contributed by atoms with Gasteiger partial charge in [0.05, 0.1) is 0 Å². The van der Waals surface area contributed by atoms with Gasteiger partial charge in [-0.2, -0.15) is 0 Å². The van der Waals surface area contributed by atoms with Crippen molar-refractivity contribution in [1.29, 1.82) is 0 Å². The number of carbonyl (C=O) groups is 4. The minimum Gasteiger partial charge on any atom is -0.302 e. The first-order valence-corrected chi connectivity index (χ1v) is 8.33. The van der Waals surface area contributed by atoms with Gasteiger partial charge in [-0.05, 0) is 19.8 Å². The smallest absolute Gasteiger partial charge is 0.302 e. The van der Waals surface area contributed by atoms with Gasteiger partial charge in [-0.25, -0.2) is 4.79 Å². The van der Waals surface area contributed by atoms with Crippen LogP contribution in [0.1, 0.15) is 52.9 Å². The minimum atomic E-state index is -1.17. The normalized spacial score (nSPS) is 18.5. The molecule has 0 radical (unpaired) electrons. The molecule has 1 atom stereocenters. The highest BCUT2D eigenvalue weighted by Crippen LogP contribution is 2.17. The maximum Gasteiger partial charge on any atom is 0.330 e. The minimum absolute atomic E-state index is 0.223. The molecule has 0 saturated carbocycles. The van der Waals surface area contributed by atoms with Crippen molar-refractivity contribution < 1.29 is 19.2 Å². The molecule has 1 aliphatic heterocycles. The van der Waals surface area contributed by atoms with Crippen LogP contribution in [-0.2, 0) is 14.4 Å². The highest BCUT2D eigenvalue weighted by atomic mass is 16.2. The second-order valence-electron chi connectivity index (χ2n) is 5.59. The number of rotatable bonds is 9. The Morgan fingerprint density at radius 1 is 1.17 bits per heavy atom. The molecule has 8 heteroatoms. The summed E-state index contributed by atoms with van der Waals surface area (Å²) in [6.07, 6.45) is 5.01. The van der Waals surface area contributed by atoms with Crippen molar-refractivity contribution in [3.05, 3.63) is 11.8 Å². The van der Waals surface area contributed by atoms with Crippen LogP contribution in [0.2, 0.25) is 0 Å². The Bertz CT molecular complexity index is 530. The Kier molecular flexibility index (Phi) is 7.94. The van der Waals surface area contributed by atoms with Crippen LogP contribution < -0.4 is 16.2 Å². The van der Waals surface area contributed by atoms with Crippen LogP contribution in [0.3, 0.4) is 0 Å². The van der Waals surface area contributed by atoms with E-state index >= 15 is 0 Å². The number of nitrogens with one attached hydrogen (secondary N) is 3. The number of hydrazine groups is 1. The zero-order valence-corrected chi connectivity index (χ0v) is 14.5. The largest absolute Gasteiger partial charge is 0.330 e. The van der Waals surface area contributed by atoms with E-state index in [0.29, 0.717) is 12.8 Å². The van der Waals surface area contributed by atoms with E-state index in [4.69, 9.17) is 0 Å². The van der Waals surface area contributed by atoms with Gasteiger partial charge in [0.1, 0.15) is 0 Å². The number of imide groups is 2. The van der Waals surface area contributed by atoms with E-state index in [1.54, 1.807) is 6.92 Å². The van der Waals surface area contributed by atoms with E-state index in [0.717, 1.165) is 24.2 Å². The summed E-state index contributed by atoms with van der Waals surface area (Å²) in [6.45, 7) is 5.82. The second-order valence-corrected chi connectivity index (χ2v) is 5.59. The lowest BCUT2D eigenvalue weighted by molar-refractivity contribution is -0.141. The number of unbranched alkanes of at least 4 members (excludes halogenated alkanes) is 2. The van der Waals surface area contributed by atoms with E-state index in [-0.39, 0.29) is 18.1 Å². The lowest BCUT2D eigenvalue weighted by Crippen LogP contribution is -2.60. The number of hydrogen-bond acceptors (Lipinski definition) is 5. The molecule has 0 aliphatic carbocycles. The van der Waals surface area contributed by atoms with Gasteiger partial charge < -0.3 is 5.43 Å². The highest BCUT2D eigenvalue weighted by molar-refractivity contribution is 6.17. The van der Waals surface area contributed by atoms with Crippen LogP contribution in [0.25, 0.3) is 0 Å². The molecule has 0 bridgehead atoms. The Morgan fingerprint density at radius 2 is 1.83 bits per heavy atom. The lowest BCUT2D eigenvalue weighted by Gasteiger charge is -2.31. The van der Waals surface area contributed by atoms with Crippen molar-refractivity contribution in [2.24, 2.45) is 5.92 Å². The molecule has 1 fully saturated rings. The molecule has 1 saturated heterocycles. The number of allylic oxidation sites excluding steroid dienone is 1. The molecular formula is C16H26N4O4. The van der Waals surface area contributed by atoms with Crippen LogP contribution in [0.4, 0.5) is 4.79 Å². The number of nitrogens with zero attached hydrogens (tertiary/aromatic N) is 1. The SMILES string of the molecule is C/C=C(/NNC(=O)CCCC)[C@@H]1C(=O)NC(=O)N(CCCC)C1=O. The summed E-state index contributed by atoms with van der Waals surface area (Å²) in [4.78, 5) is 49.1. The average molecular weight is 338 g/mol. The molecule has 24 heavy (non-hydrogen) atoms. The van der Waals surface area contributed by atoms with Crippen molar-refractivity contribution >= 4 is 23.8 Å². The van der Waals surface area contributed by atoms with Crippen molar-refractivity contribution in [3.63, 3.8) is 0 Å². The zero-order chi connectivity index (χ0) is 18.1. The fourth-order valence-corrected chi connectivity index (χ4v) is 2.27. The summed E-state index contributed by atoms with van der Waals surface area (Å²) in [6, 6.07) is -0.697. The maximum atomic E-state index is 12.5. The fourth-order valence-electron chi connectivity index (χ4n) is 2.27. The molecule has 1 rings (SSSR count). The topological polar surface area (TPSA) is 108 Å². The molecule has 0 aromatic heterocycles. The van der Waals surface area contributed by atoms with Gasteiger partial charge in [0.2, 0.25) is 17.7 Å². The highest BCUT2D eigenvalue weighted by Gasteiger charge is 2.42. The Balaban J connectivity index is 2.79. The van der Waals surface area contributed by atoms with Gasteiger partial charge in [0.15, 0.2) is 5.92 Å². The fraction of sp³-hybridized carbons (Fsp3) is 0.625. The molecule has 5 amide bonds. The summed E-state index contributed by atoms with van der Waals surface area (Å²) >= 11 is 0. The monoisotopic (exact) mass is 338 g/mol. The summed E-state index contributed by atoms with van der Waals surface area (Å²) in [7, 11) is 0. The summed E-state index contributed by atoms with van der Waals surface area (Å²) < 4.78 is 0. The number of amides is 5. The van der Waals surface area contributed by atoms with Crippen LogP contribution in [0.15, 0.2) is 11.8 Å². The molecule has 0 spiro atoms. The third-order valence-electron chi connectivity index (χ3n) is 3.71. The van der Waals surface area contributed by atoms with Gasteiger partial charge in [0, 0.05) is 18.7 Å². The van der Waals surface area contributed by atoms with Crippen molar-refractivity contribution in [3.8, 4) is 0 Å². The van der Waals surface area contributed by atoms with Crippen LogP contribution in [-0.4, -0.2) is 35.2 Å². The Hall–Kier alpha value is -2.38. The Labute approximate surface area is 142 Å². The van der Waals surface area contributed by atoms with Gasteiger partial charge in [-0.3, -0.25) is 30.0 Å². The molecule has 0 aromatic carbocycles. The van der Waals surface area contributed by atoms with Crippen LogP contribution >= 0.6 is 0 Å². The average Bonchev–Trinajstić information content (AvgIpc) is 2.55. The van der Waals surface area contributed by atoms with Crippen molar-refractivity contribution in [2.75, 3.05) is 6.54 Å². The first-order chi connectivity index (χ1) is 11.5. The first-order valence-electron chi connectivity index (χ1n) is 8.33. The molecule has 1 aliphatic rings. The third-order valence-corrected chi connectivity index (χ3v) is 3.71. The molecule has 8 nitrogen and oxygen atoms in total. The second kappa shape index (κ2) is 9.69. The van der Waals surface area contributed by atoms with E-state index in [1.165, 1.54) is 6.08 Å². The van der Waals surface area contributed by atoms with Gasteiger partial charge in [-0.1, -0.05) is 32.8 Å².